The van der Waals surface area contributed by atoms with E-state index in [4.69, 9.17) is 10.2 Å². The van der Waals surface area contributed by atoms with E-state index in [0.717, 1.165) is 14.2 Å². The quantitative estimate of drug-likeness (QED) is 0.681. The fourth-order valence-electron chi connectivity index (χ4n) is 1.02. The van der Waals surface area contributed by atoms with Crippen molar-refractivity contribution in [3.8, 4) is 0 Å². The molecule has 2 nitrogen and oxygen atoms in total. The molecule has 0 unspecified atom stereocenters. The molecule has 2 N–H and O–H groups in total. The fourth-order valence-corrected chi connectivity index (χ4v) is 3.06. The van der Waals surface area contributed by atoms with Gasteiger partial charge in [0.25, 0.3) is 0 Å². The minimum Gasteiger partial charge on any atom is -0.400 e. The largest absolute Gasteiger partial charge is 0.400 e. The van der Waals surface area contributed by atoms with Gasteiger partial charge in [-0.1, -0.05) is 0 Å². The summed E-state index contributed by atoms with van der Waals surface area (Å²) in [5, 5.41) is 14.0. The molecule has 2 aliphatic heterocycles. The molecule has 2 aliphatic rings. The smallest absolute Gasteiger partial charge is 0.0319 e. The number of aliphatic hydroxyl groups excluding tert-OH is 2. The minimum atomic E-state index is 1.00. The van der Waals surface area contributed by atoms with E-state index in [1.807, 2.05) is 0 Å². The maximum Gasteiger partial charge on any atom is 0.0319 e. The highest BCUT2D eigenvalue weighted by atomic mass is 32.2. The number of aliphatic hydroxyl groups is 2. The molecule has 2 saturated heterocycles. The Kier molecular flexibility index (Phi) is 23.4. The third kappa shape index (κ3) is 15.1. The highest BCUT2D eigenvalue weighted by Crippen LogP contribution is 2.15. The molecule has 2 fully saturated rings. The van der Waals surface area contributed by atoms with Crippen LogP contribution in [0.25, 0.3) is 0 Å². The summed E-state index contributed by atoms with van der Waals surface area (Å²) in [4.78, 5) is 0. The molecule has 4 heteroatoms. The first-order valence-electron chi connectivity index (χ1n) is 5.05. The van der Waals surface area contributed by atoms with Gasteiger partial charge in [0.15, 0.2) is 0 Å². The van der Waals surface area contributed by atoms with Crippen molar-refractivity contribution in [2.75, 3.05) is 37.2 Å². The summed E-state index contributed by atoms with van der Waals surface area (Å²) >= 11 is 4.15. The van der Waals surface area contributed by atoms with Gasteiger partial charge < -0.3 is 10.2 Å². The number of thioether (sulfide) groups is 2. The van der Waals surface area contributed by atoms with Crippen LogP contribution in [0.15, 0.2) is 0 Å². The number of hydrogen-bond donors (Lipinski definition) is 2. The molecule has 0 aromatic heterocycles. The minimum absolute atomic E-state index is 1.00. The average molecular weight is 240 g/mol. The average Bonchev–Trinajstić information content (AvgIpc) is 3.01. The maximum atomic E-state index is 7.00. The van der Waals surface area contributed by atoms with E-state index in [9.17, 15) is 0 Å². The SMILES string of the molecule is C1CCSC1.C1CCSC1.CO.CO. The van der Waals surface area contributed by atoms with E-state index in [-0.39, 0.29) is 0 Å². The van der Waals surface area contributed by atoms with E-state index in [1.54, 1.807) is 0 Å². The van der Waals surface area contributed by atoms with Gasteiger partial charge in [-0.25, -0.2) is 0 Å². The first-order chi connectivity index (χ1) is 7.00. The zero-order valence-electron chi connectivity index (χ0n) is 9.37. The van der Waals surface area contributed by atoms with Crippen LogP contribution in [0.5, 0.6) is 0 Å². The summed E-state index contributed by atoms with van der Waals surface area (Å²) < 4.78 is 0. The van der Waals surface area contributed by atoms with Gasteiger partial charge in [-0.2, -0.15) is 23.5 Å². The molecule has 0 aromatic carbocycles. The first kappa shape index (κ1) is 17.0. The van der Waals surface area contributed by atoms with Crippen molar-refractivity contribution in [2.45, 2.75) is 25.7 Å². The Morgan fingerprint density at radius 1 is 0.571 bits per heavy atom. The van der Waals surface area contributed by atoms with Crippen LogP contribution in [0.4, 0.5) is 0 Å². The zero-order valence-corrected chi connectivity index (χ0v) is 11.0. The highest BCUT2D eigenvalue weighted by molar-refractivity contribution is 7.99. The molecular weight excluding hydrogens is 216 g/mol. The van der Waals surface area contributed by atoms with Crippen LogP contribution in [0.3, 0.4) is 0 Å². The van der Waals surface area contributed by atoms with Crippen molar-refractivity contribution >= 4 is 23.5 Å². The topological polar surface area (TPSA) is 40.5 Å². The van der Waals surface area contributed by atoms with Gasteiger partial charge in [-0.05, 0) is 48.7 Å². The second-order valence-electron chi connectivity index (χ2n) is 2.64. The van der Waals surface area contributed by atoms with Crippen molar-refractivity contribution < 1.29 is 10.2 Å². The summed E-state index contributed by atoms with van der Waals surface area (Å²) in [5.74, 6) is 5.67. The van der Waals surface area contributed by atoms with Gasteiger partial charge in [-0.15, -0.1) is 0 Å². The number of hydrogen-bond acceptors (Lipinski definition) is 4. The molecule has 88 valence electrons. The third-order valence-corrected chi connectivity index (χ3v) is 3.96. The molecule has 14 heavy (non-hydrogen) atoms. The number of rotatable bonds is 0. The lowest BCUT2D eigenvalue weighted by atomic mass is 10.4. The third-order valence-electron chi connectivity index (χ3n) is 1.65. The Morgan fingerprint density at radius 3 is 0.857 bits per heavy atom. The molecule has 0 radical (unpaired) electrons. The van der Waals surface area contributed by atoms with Crippen molar-refractivity contribution in [3.63, 3.8) is 0 Å². The lowest BCUT2D eigenvalue weighted by molar-refractivity contribution is 0.399. The predicted molar refractivity (Wildman–Crippen MR) is 69.4 cm³/mol. The molecule has 0 atom stereocenters. The van der Waals surface area contributed by atoms with Crippen LogP contribution in [0.1, 0.15) is 25.7 Å². The summed E-state index contributed by atoms with van der Waals surface area (Å²) in [6.45, 7) is 0. The van der Waals surface area contributed by atoms with Gasteiger partial charge in [0.05, 0.1) is 0 Å². The van der Waals surface area contributed by atoms with E-state index in [0.29, 0.717) is 0 Å². The fraction of sp³-hybridized carbons (Fsp3) is 1.00. The van der Waals surface area contributed by atoms with Crippen LogP contribution in [-0.2, 0) is 0 Å². The second-order valence-corrected chi connectivity index (χ2v) is 5.09. The monoisotopic (exact) mass is 240 g/mol. The Labute approximate surface area is 96.9 Å². The summed E-state index contributed by atoms with van der Waals surface area (Å²) in [5.41, 5.74) is 0. The Hall–Kier alpha value is 0.620. The van der Waals surface area contributed by atoms with Crippen molar-refractivity contribution in [1.82, 2.24) is 0 Å². The Bertz CT molecular complexity index is 49.3. The molecule has 2 heterocycles. The van der Waals surface area contributed by atoms with Gasteiger partial charge in [-0.3, -0.25) is 0 Å². The first-order valence-corrected chi connectivity index (χ1v) is 7.36. The van der Waals surface area contributed by atoms with Gasteiger partial charge in [0.1, 0.15) is 0 Å². The van der Waals surface area contributed by atoms with E-state index >= 15 is 0 Å². The summed E-state index contributed by atoms with van der Waals surface area (Å²) in [6.07, 6.45) is 5.85. The molecule has 0 bridgehead atoms. The zero-order chi connectivity index (χ0) is 11.1. The highest BCUT2D eigenvalue weighted by Gasteiger charge is 1.96. The van der Waals surface area contributed by atoms with Gasteiger partial charge in [0, 0.05) is 14.2 Å². The maximum absolute atomic E-state index is 7.00. The van der Waals surface area contributed by atoms with Gasteiger partial charge in [0.2, 0.25) is 0 Å². The molecule has 0 aromatic rings. The van der Waals surface area contributed by atoms with E-state index < -0.39 is 0 Å². The second kappa shape index (κ2) is 19.2. The predicted octanol–water partition coefficient (Wildman–Crippen LogP) is 2.24. The summed E-state index contributed by atoms with van der Waals surface area (Å²) in [6, 6.07) is 0. The van der Waals surface area contributed by atoms with Crippen LogP contribution >= 0.6 is 23.5 Å². The molecule has 0 aliphatic carbocycles. The van der Waals surface area contributed by atoms with Crippen LogP contribution in [-0.4, -0.2) is 47.4 Å². The summed E-state index contributed by atoms with van der Waals surface area (Å²) in [7, 11) is 2.00. The molecule has 2 rings (SSSR count). The van der Waals surface area contributed by atoms with E-state index in [2.05, 4.69) is 23.5 Å². The normalized spacial score (nSPS) is 18.0. The van der Waals surface area contributed by atoms with Crippen LogP contribution in [0, 0.1) is 0 Å². The lowest BCUT2D eigenvalue weighted by Crippen LogP contribution is -1.58. The van der Waals surface area contributed by atoms with Crippen LogP contribution in [0.2, 0.25) is 0 Å². The molecule has 0 saturated carbocycles. The van der Waals surface area contributed by atoms with E-state index in [1.165, 1.54) is 48.7 Å². The van der Waals surface area contributed by atoms with Crippen molar-refractivity contribution in [2.24, 2.45) is 0 Å². The Morgan fingerprint density at radius 2 is 0.786 bits per heavy atom. The van der Waals surface area contributed by atoms with Gasteiger partial charge >= 0.3 is 0 Å². The molecule has 0 amide bonds. The standard InChI is InChI=1S/2C4H8S.2CH4O/c2*1-2-4-5-3-1;2*1-2/h2*1-4H2;2*2H,1H3. The Balaban J connectivity index is 0. The molecular formula is C10H24O2S2. The molecule has 0 spiro atoms. The van der Waals surface area contributed by atoms with Crippen LogP contribution < -0.4 is 0 Å². The van der Waals surface area contributed by atoms with Crippen molar-refractivity contribution in [3.05, 3.63) is 0 Å². The lowest BCUT2D eigenvalue weighted by Gasteiger charge is -1.69. The van der Waals surface area contributed by atoms with Crippen molar-refractivity contribution in [1.29, 1.82) is 0 Å².